The zero-order chi connectivity index (χ0) is 16.2. The molecule has 1 spiro atoms. The van der Waals surface area contributed by atoms with E-state index in [9.17, 15) is 9.59 Å². The second-order valence-corrected chi connectivity index (χ2v) is 7.67. The third kappa shape index (κ3) is 4.37. The number of carbonyl (C=O) groups is 2. The van der Waals surface area contributed by atoms with E-state index < -0.39 is 5.60 Å². The summed E-state index contributed by atoms with van der Waals surface area (Å²) in [5.74, 6) is 0.232. The molecule has 0 aliphatic carbocycles. The Morgan fingerprint density at radius 2 is 1.68 bits per heavy atom. The van der Waals surface area contributed by atoms with Crippen LogP contribution in [0.4, 0.5) is 4.79 Å². The minimum absolute atomic E-state index is 0.198. The molecule has 2 fully saturated rings. The molecule has 0 aromatic heterocycles. The van der Waals surface area contributed by atoms with Crippen LogP contribution in [0.3, 0.4) is 0 Å². The van der Waals surface area contributed by atoms with Gasteiger partial charge in [-0.05, 0) is 59.3 Å². The highest BCUT2D eigenvalue weighted by atomic mass is 16.6. The Bertz CT molecular complexity index is 405. The van der Waals surface area contributed by atoms with Crippen LogP contribution in [0.25, 0.3) is 0 Å². The van der Waals surface area contributed by atoms with E-state index in [2.05, 4.69) is 5.32 Å². The number of carbonyl (C=O) groups excluding carboxylic acids is 2. The quantitative estimate of drug-likeness (QED) is 0.748. The number of ether oxygens (including phenoxy) is 1. The molecular formula is C17H30N2O3. The molecule has 0 bridgehead atoms. The molecule has 2 aliphatic heterocycles. The zero-order valence-corrected chi connectivity index (χ0v) is 14.2. The molecule has 5 nitrogen and oxygen atoms in total. The summed E-state index contributed by atoms with van der Waals surface area (Å²) in [6, 6.07) is 0. The van der Waals surface area contributed by atoms with Gasteiger partial charge in [-0.15, -0.1) is 0 Å². The third-order valence-corrected chi connectivity index (χ3v) is 4.67. The first-order valence-electron chi connectivity index (χ1n) is 8.59. The molecule has 0 saturated carbocycles. The standard InChI is InChI=1S/C17H30N2O3/c1-16(2,3)22-15(21)19-12-6-9-17(10-7-13-19)8-4-5-11-18-14(17)20/h4-13H2,1-3H3,(H,18,20). The fourth-order valence-electron chi connectivity index (χ4n) is 3.53. The minimum atomic E-state index is -0.457. The van der Waals surface area contributed by atoms with Gasteiger partial charge in [0.15, 0.2) is 0 Å². The topological polar surface area (TPSA) is 58.6 Å². The van der Waals surface area contributed by atoms with Gasteiger partial charge in [-0.3, -0.25) is 4.79 Å². The first kappa shape index (κ1) is 17.1. The van der Waals surface area contributed by atoms with Gasteiger partial charge < -0.3 is 15.0 Å². The van der Waals surface area contributed by atoms with E-state index >= 15 is 0 Å². The molecule has 2 saturated heterocycles. The van der Waals surface area contributed by atoms with Gasteiger partial charge in [0.25, 0.3) is 0 Å². The van der Waals surface area contributed by atoms with Gasteiger partial charge in [-0.25, -0.2) is 4.79 Å². The van der Waals surface area contributed by atoms with E-state index in [1.165, 1.54) is 0 Å². The average Bonchev–Trinajstić information content (AvgIpc) is 2.55. The smallest absolute Gasteiger partial charge is 0.410 e. The van der Waals surface area contributed by atoms with Crippen LogP contribution in [-0.2, 0) is 9.53 Å². The van der Waals surface area contributed by atoms with Gasteiger partial charge in [-0.1, -0.05) is 6.42 Å². The van der Waals surface area contributed by atoms with E-state index in [0.717, 1.165) is 51.5 Å². The molecule has 22 heavy (non-hydrogen) atoms. The molecule has 0 atom stereocenters. The maximum atomic E-state index is 12.4. The Kier molecular flexibility index (Phi) is 5.35. The Morgan fingerprint density at radius 1 is 1.09 bits per heavy atom. The molecule has 0 unspecified atom stereocenters. The number of likely N-dealkylation sites (tertiary alicyclic amines) is 1. The Hall–Kier alpha value is -1.26. The molecule has 0 radical (unpaired) electrons. The van der Waals surface area contributed by atoms with Crippen molar-refractivity contribution >= 4 is 12.0 Å². The van der Waals surface area contributed by atoms with Crippen LogP contribution in [0.1, 0.15) is 65.7 Å². The van der Waals surface area contributed by atoms with Crippen LogP contribution in [-0.4, -0.2) is 42.1 Å². The van der Waals surface area contributed by atoms with Crippen molar-refractivity contribution in [3.8, 4) is 0 Å². The number of nitrogens with one attached hydrogen (secondary N) is 1. The molecule has 1 N–H and O–H groups in total. The van der Waals surface area contributed by atoms with Gasteiger partial charge in [0.1, 0.15) is 5.60 Å². The Labute approximate surface area is 133 Å². The molecule has 126 valence electrons. The van der Waals surface area contributed by atoms with Crippen LogP contribution >= 0.6 is 0 Å². The van der Waals surface area contributed by atoms with Gasteiger partial charge in [-0.2, -0.15) is 0 Å². The second kappa shape index (κ2) is 6.88. The Morgan fingerprint density at radius 3 is 2.27 bits per heavy atom. The highest BCUT2D eigenvalue weighted by Crippen LogP contribution is 2.38. The molecule has 2 heterocycles. The lowest BCUT2D eigenvalue weighted by Gasteiger charge is -2.36. The van der Waals surface area contributed by atoms with Crippen molar-refractivity contribution in [3.63, 3.8) is 0 Å². The fraction of sp³-hybridized carbons (Fsp3) is 0.882. The lowest BCUT2D eigenvalue weighted by molar-refractivity contribution is -0.132. The second-order valence-electron chi connectivity index (χ2n) is 7.67. The van der Waals surface area contributed by atoms with Gasteiger partial charge in [0.05, 0.1) is 0 Å². The van der Waals surface area contributed by atoms with Crippen LogP contribution in [0.5, 0.6) is 0 Å². The first-order valence-corrected chi connectivity index (χ1v) is 8.59. The number of amides is 2. The molecule has 2 aliphatic rings. The van der Waals surface area contributed by atoms with Crippen molar-refractivity contribution in [1.82, 2.24) is 10.2 Å². The summed E-state index contributed by atoms with van der Waals surface area (Å²) in [6.45, 7) is 7.85. The number of rotatable bonds is 0. The van der Waals surface area contributed by atoms with Crippen molar-refractivity contribution in [3.05, 3.63) is 0 Å². The summed E-state index contributed by atoms with van der Waals surface area (Å²) in [5, 5.41) is 3.07. The van der Waals surface area contributed by atoms with E-state index in [-0.39, 0.29) is 17.4 Å². The summed E-state index contributed by atoms with van der Waals surface area (Å²) in [7, 11) is 0. The number of nitrogens with zero attached hydrogens (tertiary/aromatic N) is 1. The van der Waals surface area contributed by atoms with E-state index in [4.69, 9.17) is 4.74 Å². The van der Waals surface area contributed by atoms with Crippen molar-refractivity contribution in [2.24, 2.45) is 5.41 Å². The van der Waals surface area contributed by atoms with E-state index in [0.29, 0.717) is 13.1 Å². The average molecular weight is 310 g/mol. The highest BCUT2D eigenvalue weighted by molar-refractivity contribution is 5.82. The number of hydrogen-bond donors (Lipinski definition) is 1. The fourth-order valence-corrected chi connectivity index (χ4v) is 3.53. The van der Waals surface area contributed by atoms with Crippen molar-refractivity contribution in [2.45, 2.75) is 71.3 Å². The molecule has 0 aromatic rings. The lowest BCUT2D eigenvalue weighted by Crippen LogP contribution is -2.44. The maximum absolute atomic E-state index is 12.4. The monoisotopic (exact) mass is 310 g/mol. The van der Waals surface area contributed by atoms with Gasteiger partial charge in [0, 0.05) is 25.0 Å². The van der Waals surface area contributed by atoms with Crippen LogP contribution in [0.2, 0.25) is 0 Å². The predicted molar refractivity (Wildman–Crippen MR) is 85.6 cm³/mol. The number of hydrogen-bond acceptors (Lipinski definition) is 3. The van der Waals surface area contributed by atoms with Crippen molar-refractivity contribution in [2.75, 3.05) is 19.6 Å². The summed E-state index contributed by atoms with van der Waals surface area (Å²) in [4.78, 5) is 26.4. The summed E-state index contributed by atoms with van der Waals surface area (Å²) in [6.07, 6.45) is 6.45. The van der Waals surface area contributed by atoms with Gasteiger partial charge in [0.2, 0.25) is 5.91 Å². The largest absolute Gasteiger partial charge is 0.444 e. The van der Waals surface area contributed by atoms with Crippen LogP contribution in [0.15, 0.2) is 0 Å². The van der Waals surface area contributed by atoms with Crippen LogP contribution in [0, 0.1) is 5.41 Å². The van der Waals surface area contributed by atoms with Crippen molar-refractivity contribution in [1.29, 1.82) is 0 Å². The molecule has 0 aromatic carbocycles. The minimum Gasteiger partial charge on any atom is -0.444 e. The summed E-state index contributed by atoms with van der Waals surface area (Å²) < 4.78 is 5.46. The van der Waals surface area contributed by atoms with Crippen LogP contribution < -0.4 is 5.32 Å². The Balaban J connectivity index is 1.95. The SMILES string of the molecule is CC(C)(C)OC(=O)N1CCCC2(CCCCNC2=O)CCC1. The third-order valence-electron chi connectivity index (χ3n) is 4.67. The summed E-state index contributed by atoms with van der Waals surface area (Å²) >= 11 is 0. The highest BCUT2D eigenvalue weighted by Gasteiger charge is 2.39. The molecule has 2 rings (SSSR count). The molecule has 5 heteroatoms. The van der Waals surface area contributed by atoms with E-state index in [1.807, 2.05) is 20.8 Å². The summed E-state index contributed by atoms with van der Waals surface area (Å²) in [5.41, 5.74) is -0.654. The lowest BCUT2D eigenvalue weighted by atomic mass is 9.74. The van der Waals surface area contributed by atoms with E-state index in [1.54, 1.807) is 4.90 Å². The van der Waals surface area contributed by atoms with Crippen molar-refractivity contribution < 1.29 is 14.3 Å². The molecular weight excluding hydrogens is 280 g/mol. The normalized spacial score (nSPS) is 23.2. The zero-order valence-electron chi connectivity index (χ0n) is 14.2. The maximum Gasteiger partial charge on any atom is 0.410 e. The predicted octanol–water partition coefficient (Wildman–Crippen LogP) is 3.08. The first-order chi connectivity index (χ1) is 10.3. The molecule has 2 amide bonds. The van der Waals surface area contributed by atoms with Gasteiger partial charge >= 0.3 is 6.09 Å².